The molecule has 0 heterocycles. The standard InChI is InChI=1S/C9H18O3Si/c1-7(10)6-9(11)8(2)12-13(3,4)5/h8H,6H2,1-5H3. The van der Waals surface area contributed by atoms with Crippen LogP contribution >= 0.6 is 0 Å². The average Bonchev–Trinajstić information content (AvgIpc) is 1.81. The summed E-state index contributed by atoms with van der Waals surface area (Å²) in [5.74, 6) is -0.217. The Balaban J connectivity index is 4.04. The van der Waals surface area contributed by atoms with Gasteiger partial charge in [0, 0.05) is 0 Å². The lowest BCUT2D eigenvalue weighted by atomic mass is 10.1. The molecular formula is C9H18O3Si. The molecule has 0 fully saturated rings. The van der Waals surface area contributed by atoms with Gasteiger partial charge < -0.3 is 4.43 Å². The van der Waals surface area contributed by atoms with Crippen molar-refractivity contribution in [3.8, 4) is 0 Å². The Hall–Kier alpha value is -0.483. The van der Waals surface area contributed by atoms with E-state index in [0.29, 0.717) is 0 Å². The third kappa shape index (κ3) is 6.66. The van der Waals surface area contributed by atoms with E-state index in [-0.39, 0.29) is 18.0 Å². The van der Waals surface area contributed by atoms with Gasteiger partial charge in [-0.25, -0.2) is 0 Å². The predicted octanol–water partition coefficient (Wildman–Crippen LogP) is 1.77. The van der Waals surface area contributed by atoms with E-state index in [1.807, 2.05) is 19.6 Å². The van der Waals surface area contributed by atoms with Gasteiger partial charge in [-0.2, -0.15) is 0 Å². The summed E-state index contributed by atoms with van der Waals surface area (Å²) in [4.78, 5) is 22.0. The maximum atomic E-state index is 11.3. The molecule has 4 heteroatoms. The van der Waals surface area contributed by atoms with Crippen LogP contribution in [0.2, 0.25) is 19.6 Å². The number of carbonyl (C=O) groups excluding carboxylic acids is 2. The van der Waals surface area contributed by atoms with Crippen LogP contribution in [0, 0.1) is 0 Å². The fraction of sp³-hybridized carbons (Fsp3) is 0.778. The molecule has 0 radical (unpaired) electrons. The highest BCUT2D eigenvalue weighted by molar-refractivity contribution is 6.69. The lowest BCUT2D eigenvalue weighted by Crippen LogP contribution is -2.35. The summed E-state index contributed by atoms with van der Waals surface area (Å²) < 4.78 is 5.54. The Morgan fingerprint density at radius 3 is 2.08 bits per heavy atom. The van der Waals surface area contributed by atoms with Crippen molar-refractivity contribution >= 4 is 19.9 Å². The topological polar surface area (TPSA) is 43.4 Å². The van der Waals surface area contributed by atoms with Crippen molar-refractivity contribution in [2.24, 2.45) is 0 Å². The summed E-state index contributed by atoms with van der Waals surface area (Å²) in [6.07, 6.45) is -0.443. The van der Waals surface area contributed by atoms with E-state index in [1.165, 1.54) is 6.92 Å². The van der Waals surface area contributed by atoms with E-state index in [2.05, 4.69) is 0 Å². The highest BCUT2D eigenvalue weighted by Crippen LogP contribution is 2.08. The molecule has 1 atom stereocenters. The zero-order valence-electron chi connectivity index (χ0n) is 9.01. The average molecular weight is 202 g/mol. The summed E-state index contributed by atoms with van der Waals surface area (Å²) in [7, 11) is -1.67. The van der Waals surface area contributed by atoms with Crippen LogP contribution < -0.4 is 0 Å². The van der Waals surface area contributed by atoms with Crippen molar-refractivity contribution in [3.05, 3.63) is 0 Å². The van der Waals surface area contributed by atoms with E-state index in [0.717, 1.165) is 0 Å². The Morgan fingerprint density at radius 2 is 1.77 bits per heavy atom. The minimum atomic E-state index is -1.67. The third-order valence-corrected chi connectivity index (χ3v) is 2.47. The van der Waals surface area contributed by atoms with Crippen molar-refractivity contribution < 1.29 is 14.0 Å². The van der Waals surface area contributed by atoms with E-state index in [1.54, 1.807) is 6.92 Å². The van der Waals surface area contributed by atoms with Crippen LogP contribution in [0.5, 0.6) is 0 Å². The number of hydrogen-bond acceptors (Lipinski definition) is 3. The van der Waals surface area contributed by atoms with E-state index < -0.39 is 14.4 Å². The SMILES string of the molecule is CC(=O)CC(=O)C(C)O[Si](C)(C)C. The van der Waals surface area contributed by atoms with Crippen LogP contribution in [0.4, 0.5) is 0 Å². The number of hydrogen-bond donors (Lipinski definition) is 0. The number of carbonyl (C=O) groups is 2. The predicted molar refractivity (Wildman–Crippen MR) is 54.2 cm³/mol. The molecule has 0 rings (SSSR count). The third-order valence-electron chi connectivity index (χ3n) is 1.41. The molecule has 3 nitrogen and oxygen atoms in total. The summed E-state index contributed by atoms with van der Waals surface area (Å²) in [6.45, 7) is 9.18. The highest BCUT2D eigenvalue weighted by Gasteiger charge is 2.23. The number of Topliss-reactive ketones (excluding diaryl/α,β-unsaturated/α-hetero) is 2. The second-order valence-corrected chi connectivity index (χ2v) is 8.68. The zero-order valence-corrected chi connectivity index (χ0v) is 10.0. The van der Waals surface area contributed by atoms with Crippen LogP contribution in [0.15, 0.2) is 0 Å². The van der Waals surface area contributed by atoms with Gasteiger partial charge in [-0.15, -0.1) is 0 Å². The molecular weight excluding hydrogens is 184 g/mol. The molecule has 0 aliphatic carbocycles. The first-order chi connectivity index (χ1) is 5.72. The Kier molecular flexibility index (Phi) is 4.50. The summed E-state index contributed by atoms with van der Waals surface area (Å²) in [5, 5.41) is 0. The first kappa shape index (κ1) is 12.5. The van der Waals surface area contributed by atoms with Crippen molar-refractivity contribution in [1.29, 1.82) is 0 Å². The second-order valence-electron chi connectivity index (χ2n) is 4.22. The smallest absolute Gasteiger partial charge is 0.184 e. The Labute approximate surface area is 80.6 Å². The van der Waals surface area contributed by atoms with Crippen LogP contribution in [-0.2, 0) is 14.0 Å². The molecule has 1 unspecified atom stereocenters. The molecule has 0 aromatic carbocycles. The van der Waals surface area contributed by atoms with Gasteiger partial charge in [0.15, 0.2) is 14.1 Å². The molecule has 0 N–H and O–H groups in total. The largest absolute Gasteiger partial charge is 0.408 e. The maximum Gasteiger partial charge on any atom is 0.184 e. The summed E-state index contributed by atoms with van der Waals surface area (Å²) in [5.41, 5.74) is 0. The summed E-state index contributed by atoms with van der Waals surface area (Å²) >= 11 is 0. The van der Waals surface area contributed by atoms with Crippen molar-refractivity contribution in [2.45, 2.75) is 46.0 Å². The second kappa shape index (κ2) is 4.67. The van der Waals surface area contributed by atoms with Crippen LogP contribution in [0.25, 0.3) is 0 Å². The molecule has 0 spiro atoms. The van der Waals surface area contributed by atoms with E-state index in [9.17, 15) is 9.59 Å². The van der Waals surface area contributed by atoms with E-state index >= 15 is 0 Å². The monoisotopic (exact) mass is 202 g/mol. The molecule has 0 aromatic rings. The van der Waals surface area contributed by atoms with Crippen LogP contribution in [0.1, 0.15) is 20.3 Å². The quantitative estimate of drug-likeness (QED) is 0.504. The van der Waals surface area contributed by atoms with Crippen molar-refractivity contribution in [1.82, 2.24) is 0 Å². The molecule has 0 bridgehead atoms. The number of rotatable bonds is 5. The Morgan fingerprint density at radius 1 is 1.31 bits per heavy atom. The number of ketones is 2. The molecule has 0 saturated carbocycles. The molecule has 0 aliphatic heterocycles. The first-order valence-electron chi connectivity index (χ1n) is 4.42. The highest BCUT2D eigenvalue weighted by atomic mass is 28.4. The molecule has 13 heavy (non-hydrogen) atoms. The van der Waals surface area contributed by atoms with Gasteiger partial charge in [-0.05, 0) is 33.5 Å². The molecule has 0 saturated heterocycles. The van der Waals surface area contributed by atoms with Crippen LogP contribution in [0.3, 0.4) is 0 Å². The van der Waals surface area contributed by atoms with Gasteiger partial charge in [-0.3, -0.25) is 9.59 Å². The van der Waals surface area contributed by atoms with Crippen LogP contribution in [-0.4, -0.2) is 26.0 Å². The van der Waals surface area contributed by atoms with Gasteiger partial charge in [0.05, 0.1) is 6.42 Å². The van der Waals surface area contributed by atoms with Gasteiger partial charge >= 0.3 is 0 Å². The zero-order chi connectivity index (χ0) is 10.6. The molecule has 76 valence electrons. The minimum Gasteiger partial charge on any atom is -0.408 e. The van der Waals surface area contributed by atoms with Gasteiger partial charge in [0.25, 0.3) is 0 Å². The lowest BCUT2D eigenvalue weighted by molar-refractivity contribution is -0.130. The maximum absolute atomic E-state index is 11.3. The van der Waals surface area contributed by atoms with Crippen molar-refractivity contribution in [3.63, 3.8) is 0 Å². The van der Waals surface area contributed by atoms with Gasteiger partial charge in [-0.1, -0.05) is 0 Å². The fourth-order valence-electron chi connectivity index (χ4n) is 0.985. The first-order valence-corrected chi connectivity index (χ1v) is 7.83. The minimum absolute atomic E-state index is 0.00829. The molecule has 0 aromatic heterocycles. The molecule has 0 aliphatic rings. The van der Waals surface area contributed by atoms with Crippen molar-refractivity contribution in [2.75, 3.05) is 0 Å². The fourth-order valence-corrected chi connectivity index (χ4v) is 2.18. The lowest BCUT2D eigenvalue weighted by Gasteiger charge is -2.22. The van der Waals surface area contributed by atoms with Gasteiger partial charge in [0.2, 0.25) is 0 Å². The van der Waals surface area contributed by atoms with E-state index in [4.69, 9.17) is 4.43 Å². The summed E-state index contributed by atoms with van der Waals surface area (Å²) in [6, 6.07) is 0. The molecule has 0 amide bonds. The Bertz CT molecular complexity index is 205. The van der Waals surface area contributed by atoms with Gasteiger partial charge in [0.1, 0.15) is 11.9 Å². The normalized spacial score (nSPS) is 13.9.